The van der Waals surface area contributed by atoms with Crippen LogP contribution in [-0.4, -0.2) is 58.7 Å². The summed E-state index contributed by atoms with van der Waals surface area (Å²) < 4.78 is 51.6. The quantitative estimate of drug-likeness (QED) is 0.118. The number of benzene rings is 2. The predicted molar refractivity (Wildman–Crippen MR) is 121 cm³/mol. The number of ether oxygens (including phenoxy) is 1. The molecule has 1 aromatic heterocycles. The number of aromatic nitrogens is 1. The van der Waals surface area contributed by atoms with E-state index in [0.29, 0.717) is 21.9 Å². The van der Waals surface area contributed by atoms with E-state index in [9.17, 15) is 27.2 Å². The second-order valence-corrected chi connectivity index (χ2v) is 8.00. The summed E-state index contributed by atoms with van der Waals surface area (Å²) in [5.74, 6) is -5.75. The van der Waals surface area contributed by atoms with Gasteiger partial charge in [-0.1, -0.05) is 11.3 Å². The molecule has 0 aliphatic carbocycles. The number of carboxylic acids is 2. The van der Waals surface area contributed by atoms with Crippen LogP contribution in [0.1, 0.15) is 22.3 Å². The van der Waals surface area contributed by atoms with Gasteiger partial charge in [0.1, 0.15) is 5.84 Å². The number of alkyl halides is 3. The van der Waals surface area contributed by atoms with Crippen molar-refractivity contribution >= 4 is 50.4 Å². The highest BCUT2D eigenvalue weighted by Crippen LogP contribution is 2.29. The number of hydrogen-bond acceptors (Lipinski definition) is 8. The first-order chi connectivity index (χ1) is 16.7. The van der Waals surface area contributed by atoms with Gasteiger partial charge in [0, 0.05) is 19.2 Å². The van der Waals surface area contributed by atoms with Gasteiger partial charge in [-0.25, -0.2) is 19.0 Å². The number of thiazole rings is 1. The topological polar surface area (TPSA) is 167 Å². The molecule has 0 bridgehead atoms. The minimum Gasteiger partial charge on any atom is -0.481 e. The third-order valence-electron chi connectivity index (χ3n) is 4.29. The Balaban J connectivity index is 0.000000572. The lowest BCUT2D eigenvalue weighted by Crippen LogP contribution is -2.21. The van der Waals surface area contributed by atoms with Gasteiger partial charge in [0.05, 0.1) is 22.2 Å². The lowest BCUT2D eigenvalue weighted by molar-refractivity contribution is -0.192. The molecule has 192 valence electrons. The second kappa shape index (κ2) is 11.4. The number of rotatable bonds is 7. The number of amidine groups is 1. The fourth-order valence-electron chi connectivity index (χ4n) is 2.47. The van der Waals surface area contributed by atoms with Crippen molar-refractivity contribution < 1.29 is 46.9 Å². The van der Waals surface area contributed by atoms with Crippen LogP contribution in [-0.2, 0) is 9.59 Å². The fraction of sp³-hybridized carbons (Fsp3) is 0.190. The van der Waals surface area contributed by atoms with E-state index < -0.39 is 29.9 Å². The minimum absolute atomic E-state index is 0.0159. The van der Waals surface area contributed by atoms with Crippen LogP contribution in [0.3, 0.4) is 0 Å². The number of carboxylic acid groups (broad SMARTS) is 2. The molecule has 5 N–H and O–H groups in total. The van der Waals surface area contributed by atoms with Gasteiger partial charge in [0.25, 0.3) is 0 Å². The molecule has 0 aliphatic heterocycles. The predicted octanol–water partition coefficient (Wildman–Crippen LogP) is 3.48. The molecule has 10 nitrogen and oxygen atoms in total. The van der Waals surface area contributed by atoms with E-state index in [2.05, 4.69) is 4.98 Å². The van der Waals surface area contributed by atoms with Crippen molar-refractivity contribution in [3.05, 3.63) is 53.3 Å². The number of anilines is 1. The van der Waals surface area contributed by atoms with E-state index in [1.807, 2.05) is 0 Å². The maximum Gasteiger partial charge on any atom is 0.490 e. The average molecular weight is 530 g/mol. The Kier molecular flexibility index (Phi) is 8.89. The molecule has 3 aromatic rings. The zero-order chi connectivity index (χ0) is 27.2. The number of nitrogens with zero attached hydrogens (tertiary/aromatic N) is 2. The minimum atomic E-state index is -5.08. The fourth-order valence-corrected chi connectivity index (χ4v) is 3.46. The molecule has 0 spiro atoms. The van der Waals surface area contributed by atoms with Gasteiger partial charge in [-0.3, -0.25) is 10.2 Å². The smallest absolute Gasteiger partial charge is 0.481 e. The Hall–Kier alpha value is -4.27. The number of nitrogen functional groups attached to an aromatic ring is 1. The maximum atomic E-state index is 14.1. The molecule has 0 atom stereocenters. The van der Waals surface area contributed by atoms with Gasteiger partial charge < -0.3 is 25.6 Å². The van der Waals surface area contributed by atoms with Gasteiger partial charge in [0.2, 0.25) is 0 Å². The van der Waals surface area contributed by atoms with Crippen molar-refractivity contribution in [3.63, 3.8) is 0 Å². The van der Waals surface area contributed by atoms with E-state index in [1.165, 1.54) is 29.5 Å². The first-order valence-corrected chi connectivity index (χ1v) is 10.5. The second-order valence-electron chi connectivity index (χ2n) is 7.00. The monoisotopic (exact) mass is 530 g/mol. The molecule has 3 rings (SSSR count). The molecule has 0 amide bonds. The Morgan fingerprint density at radius 3 is 2.28 bits per heavy atom. The van der Waals surface area contributed by atoms with E-state index in [1.54, 1.807) is 24.1 Å². The largest absolute Gasteiger partial charge is 0.490 e. The molecule has 2 aromatic carbocycles. The Morgan fingerprint density at radius 1 is 1.14 bits per heavy atom. The maximum absolute atomic E-state index is 14.1. The molecule has 0 unspecified atom stereocenters. The first-order valence-electron chi connectivity index (χ1n) is 9.68. The lowest BCUT2D eigenvalue weighted by Gasteiger charge is -2.13. The van der Waals surface area contributed by atoms with Crippen LogP contribution >= 0.6 is 11.3 Å². The molecule has 0 saturated carbocycles. The molecule has 0 fully saturated rings. The van der Waals surface area contributed by atoms with E-state index in [-0.39, 0.29) is 29.1 Å². The van der Waals surface area contributed by atoms with Crippen molar-refractivity contribution in [3.8, 4) is 5.75 Å². The van der Waals surface area contributed by atoms with Crippen molar-refractivity contribution in [1.29, 1.82) is 5.41 Å². The molecule has 1 heterocycles. The molecule has 15 heteroatoms. The van der Waals surface area contributed by atoms with E-state index in [4.69, 9.17) is 30.9 Å². The number of nitrogens with two attached hydrogens (primary N) is 1. The van der Waals surface area contributed by atoms with Crippen LogP contribution in [0.15, 0.2) is 36.4 Å². The van der Waals surface area contributed by atoms with Gasteiger partial charge in [-0.15, -0.1) is 0 Å². The Morgan fingerprint density at radius 2 is 1.75 bits per heavy atom. The molecule has 0 aliphatic rings. The number of halogens is 4. The zero-order valence-corrected chi connectivity index (χ0v) is 19.1. The third-order valence-corrected chi connectivity index (χ3v) is 5.42. The summed E-state index contributed by atoms with van der Waals surface area (Å²) in [7, 11) is 1.74. The number of carbonyl (C=O) groups is 3. The Bertz CT molecular complexity index is 1310. The number of aliphatic carboxylic acids is 2. The van der Waals surface area contributed by atoms with Gasteiger partial charge in [-0.05, 0) is 36.4 Å². The highest BCUT2D eigenvalue weighted by molar-refractivity contribution is 7.22. The summed E-state index contributed by atoms with van der Waals surface area (Å²) in [6, 6.07) is 8.41. The van der Waals surface area contributed by atoms with Crippen molar-refractivity contribution in [2.75, 3.05) is 18.5 Å². The summed E-state index contributed by atoms with van der Waals surface area (Å²) in [4.78, 5) is 38.2. The number of nitrogens with one attached hydrogen (secondary N) is 1. The lowest BCUT2D eigenvalue weighted by atomic mass is 10.2. The van der Waals surface area contributed by atoms with Crippen LogP contribution < -0.4 is 15.4 Å². The van der Waals surface area contributed by atoms with Crippen molar-refractivity contribution in [1.82, 2.24) is 4.98 Å². The average Bonchev–Trinajstić information content (AvgIpc) is 3.22. The van der Waals surface area contributed by atoms with Gasteiger partial charge in [-0.2, -0.15) is 13.2 Å². The first kappa shape index (κ1) is 28.0. The van der Waals surface area contributed by atoms with Crippen LogP contribution in [0.2, 0.25) is 0 Å². The third kappa shape index (κ3) is 7.63. The summed E-state index contributed by atoms with van der Waals surface area (Å²) in [6.45, 7) is 0.305. The van der Waals surface area contributed by atoms with Gasteiger partial charge in [0.15, 0.2) is 16.7 Å². The standard InChI is InChI=1S/C19H17FN4O4S.C2HF3O2/c1-24(7-6-16(25)26)19-23-13-4-2-11(9-15(13)29-19)18(27)28-14-5-3-10(17(21)22)8-12(14)20;3-2(4,5)1(6)7/h2-5,8-9H,6-7H2,1H3,(H3,21,22)(H,25,26);(H,6,7). The highest BCUT2D eigenvalue weighted by Gasteiger charge is 2.38. The SMILES string of the molecule is CN(CCC(=O)O)c1nc2ccc(C(=O)Oc3ccc(C(=N)N)cc3F)cc2s1.O=C(O)C(F)(F)F. The highest BCUT2D eigenvalue weighted by atomic mass is 32.1. The van der Waals surface area contributed by atoms with Crippen LogP contribution in [0.4, 0.5) is 22.7 Å². The van der Waals surface area contributed by atoms with Crippen LogP contribution in [0.5, 0.6) is 5.75 Å². The number of carbonyl (C=O) groups excluding carboxylic acids is 1. The number of esters is 1. The van der Waals surface area contributed by atoms with E-state index in [0.717, 1.165) is 6.07 Å². The molecule has 0 saturated heterocycles. The molecule has 0 radical (unpaired) electrons. The van der Waals surface area contributed by atoms with Gasteiger partial charge >= 0.3 is 24.1 Å². The summed E-state index contributed by atoms with van der Waals surface area (Å²) in [5.41, 5.74) is 6.37. The van der Waals surface area contributed by atoms with Crippen molar-refractivity contribution in [2.45, 2.75) is 12.6 Å². The zero-order valence-electron chi connectivity index (χ0n) is 18.3. The van der Waals surface area contributed by atoms with Crippen LogP contribution in [0.25, 0.3) is 10.2 Å². The normalized spacial score (nSPS) is 10.8. The van der Waals surface area contributed by atoms with E-state index >= 15 is 0 Å². The van der Waals surface area contributed by atoms with Crippen LogP contribution in [0, 0.1) is 11.2 Å². The molecule has 36 heavy (non-hydrogen) atoms. The summed E-state index contributed by atoms with van der Waals surface area (Å²) in [6.07, 6.45) is -5.10. The summed E-state index contributed by atoms with van der Waals surface area (Å²) >= 11 is 1.31. The Labute approximate surface area is 204 Å². The molecular formula is C21H18F4N4O6S. The number of fused-ring (bicyclic) bond motifs is 1. The summed E-state index contributed by atoms with van der Waals surface area (Å²) in [5, 5.41) is 23.8. The number of hydrogen-bond donors (Lipinski definition) is 4. The molecular weight excluding hydrogens is 512 g/mol. The van der Waals surface area contributed by atoms with Crippen molar-refractivity contribution in [2.24, 2.45) is 5.73 Å².